The summed E-state index contributed by atoms with van der Waals surface area (Å²) >= 11 is 0. The van der Waals surface area contributed by atoms with Gasteiger partial charge in [-0.15, -0.1) is 0 Å². The zero-order valence-corrected chi connectivity index (χ0v) is 12.3. The predicted octanol–water partition coefficient (Wildman–Crippen LogP) is 4.02. The molecule has 2 saturated carbocycles. The summed E-state index contributed by atoms with van der Waals surface area (Å²) in [5, 5.41) is 0. The molecule has 0 atom stereocenters. The Morgan fingerprint density at radius 2 is 1.86 bits per heavy atom. The molecule has 0 bridgehead atoms. The van der Waals surface area contributed by atoms with Gasteiger partial charge in [0, 0.05) is 6.04 Å². The van der Waals surface area contributed by atoms with Crippen LogP contribution in [0.15, 0.2) is 18.2 Å². The number of hydrogen-bond acceptors (Lipinski definition) is 2. The summed E-state index contributed by atoms with van der Waals surface area (Å²) in [5.74, 6) is 0.692. The summed E-state index contributed by atoms with van der Waals surface area (Å²) in [6, 6.07) is 5.72. The third kappa shape index (κ3) is 2.16. The highest BCUT2D eigenvalue weighted by Gasteiger charge is 2.38. The molecule has 0 unspecified atom stereocenters. The number of hydrogen-bond donors (Lipinski definition) is 1. The molecule has 0 radical (unpaired) electrons. The van der Waals surface area contributed by atoms with Crippen LogP contribution in [0.3, 0.4) is 0 Å². The first kappa shape index (κ1) is 13.3. The van der Waals surface area contributed by atoms with E-state index in [1.54, 1.807) is 6.07 Å². The van der Waals surface area contributed by atoms with Crippen LogP contribution >= 0.6 is 0 Å². The Bertz CT molecular complexity index is 664. The summed E-state index contributed by atoms with van der Waals surface area (Å²) in [6.45, 7) is 0. The first-order valence-electron chi connectivity index (χ1n) is 8.15. The Morgan fingerprint density at radius 3 is 2.52 bits per heavy atom. The van der Waals surface area contributed by atoms with E-state index in [0.717, 1.165) is 49.9 Å². The van der Waals surface area contributed by atoms with Crippen molar-refractivity contribution in [2.75, 3.05) is 0 Å². The SMILES string of the molecule is NC1(c2nc3c(F)cccc3n2C2CC2)CCCCCC1. The quantitative estimate of drug-likeness (QED) is 0.848. The highest BCUT2D eigenvalue weighted by atomic mass is 19.1. The molecule has 2 aromatic rings. The van der Waals surface area contributed by atoms with Gasteiger partial charge in [0.1, 0.15) is 11.3 Å². The van der Waals surface area contributed by atoms with Crippen LogP contribution in [0.2, 0.25) is 0 Å². The van der Waals surface area contributed by atoms with E-state index in [1.165, 1.54) is 18.9 Å². The van der Waals surface area contributed by atoms with Crippen LogP contribution in [0.4, 0.5) is 4.39 Å². The number of nitrogens with two attached hydrogens (primary N) is 1. The van der Waals surface area contributed by atoms with Gasteiger partial charge in [0.05, 0.1) is 11.1 Å². The number of imidazole rings is 1. The highest BCUT2D eigenvalue weighted by molar-refractivity contribution is 5.77. The van der Waals surface area contributed by atoms with Gasteiger partial charge in [-0.2, -0.15) is 0 Å². The second kappa shape index (κ2) is 4.80. The fourth-order valence-electron chi connectivity index (χ4n) is 3.72. The Kier molecular flexibility index (Phi) is 3.03. The van der Waals surface area contributed by atoms with Crippen molar-refractivity contribution in [3.05, 3.63) is 29.8 Å². The fourth-order valence-corrected chi connectivity index (χ4v) is 3.72. The van der Waals surface area contributed by atoms with Crippen LogP contribution < -0.4 is 5.73 Å². The normalized spacial score (nSPS) is 22.4. The van der Waals surface area contributed by atoms with Gasteiger partial charge < -0.3 is 10.3 Å². The molecule has 0 aliphatic heterocycles. The lowest BCUT2D eigenvalue weighted by Gasteiger charge is -2.28. The maximum Gasteiger partial charge on any atom is 0.151 e. The molecule has 0 amide bonds. The molecule has 2 aliphatic carbocycles. The summed E-state index contributed by atoms with van der Waals surface area (Å²) in [4.78, 5) is 4.67. The number of benzene rings is 1. The maximum atomic E-state index is 14.1. The molecule has 4 rings (SSSR count). The number of fused-ring (bicyclic) bond motifs is 1. The van der Waals surface area contributed by atoms with E-state index in [9.17, 15) is 4.39 Å². The molecular formula is C17H22FN3. The van der Waals surface area contributed by atoms with E-state index >= 15 is 0 Å². The third-order valence-corrected chi connectivity index (χ3v) is 5.02. The third-order valence-electron chi connectivity index (χ3n) is 5.02. The molecule has 1 heterocycles. The number of nitrogens with zero attached hydrogens (tertiary/aromatic N) is 2. The van der Waals surface area contributed by atoms with Crippen LogP contribution in [-0.4, -0.2) is 9.55 Å². The predicted molar refractivity (Wildman–Crippen MR) is 81.5 cm³/mol. The van der Waals surface area contributed by atoms with Crippen molar-refractivity contribution >= 4 is 11.0 Å². The second-order valence-corrected chi connectivity index (χ2v) is 6.71. The molecule has 0 saturated heterocycles. The molecule has 1 aromatic heterocycles. The largest absolute Gasteiger partial charge is 0.323 e. The van der Waals surface area contributed by atoms with E-state index in [0.29, 0.717) is 11.6 Å². The number of halogens is 1. The van der Waals surface area contributed by atoms with Gasteiger partial charge in [0.15, 0.2) is 5.82 Å². The average Bonchev–Trinajstić information content (AvgIpc) is 3.26. The Labute approximate surface area is 124 Å². The van der Waals surface area contributed by atoms with Crippen molar-refractivity contribution in [2.24, 2.45) is 5.73 Å². The van der Waals surface area contributed by atoms with E-state index in [2.05, 4.69) is 9.55 Å². The first-order chi connectivity index (χ1) is 10.2. The molecular weight excluding hydrogens is 265 g/mol. The zero-order valence-electron chi connectivity index (χ0n) is 12.3. The molecule has 3 nitrogen and oxygen atoms in total. The van der Waals surface area contributed by atoms with Gasteiger partial charge in [-0.05, 0) is 37.8 Å². The Morgan fingerprint density at radius 1 is 1.14 bits per heavy atom. The Balaban J connectivity index is 1.91. The minimum Gasteiger partial charge on any atom is -0.323 e. The zero-order chi connectivity index (χ0) is 14.4. The molecule has 112 valence electrons. The molecule has 2 N–H and O–H groups in total. The fraction of sp³-hybridized carbons (Fsp3) is 0.588. The van der Waals surface area contributed by atoms with Crippen molar-refractivity contribution in [1.29, 1.82) is 0 Å². The number of rotatable bonds is 2. The smallest absolute Gasteiger partial charge is 0.151 e. The van der Waals surface area contributed by atoms with E-state index in [1.807, 2.05) is 6.07 Å². The lowest BCUT2D eigenvalue weighted by atomic mass is 9.90. The minimum atomic E-state index is -0.384. The molecule has 2 aliphatic rings. The van der Waals surface area contributed by atoms with Crippen molar-refractivity contribution in [1.82, 2.24) is 9.55 Å². The Hall–Kier alpha value is -1.42. The molecule has 21 heavy (non-hydrogen) atoms. The molecule has 4 heteroatoms. The van der Waals surface area contributed by atoms with Gasteiger partial charge in [0.2, 0.25) is 0 Å². The molecule has 2 fully saturated rings. The lowest BCUT2D eigenvalue weighted by Crippen LogP contribution is -2.39. The van der Waals surface area contributed by atoms with E-state index in [-0.39, 0.29) is 11.4 Å². The van der Waals surface area contributed by atoms with Crippen molar-refractivity contribution in [2.45, 2.75) is 62.9 Å². The molecule has 1 aromatic carbocycles. The van der Waals surface area contributed by atoms with Gasteiger partial charge in [-0.3, -0.25) is 0 Å². The van der Waals surface area contributed by atoms with Crippen molar-refractivity contribution in [3.8, 4) is 0 Å². The average molecular weight is 287 g/mol. The van der Waals surface area contributed by atoms with E-state index in [4.69, 9.17) is 5.73 Å². The van der Waals surface area contributed by atoms with Gasteiger partial charge >= 0.3 is 0 Å². The summed E-state index contributed by atoms with van der Waals surface area (Å²) in [5.41, 5.74) is 7.78. The van der Waals surface area contributed by atoms with Crippen LogP contribution in [-0.2, 0) is 5.54 Å². The van der Waals surface area contributed by atoms with Gasteiger partial charge in [0.25, 0.3) is 0 Å². The topological polar surface area (TPSA) is 43.8 Å². The first-order valence-corrected chi connectivity index (χ1v) is 8.15. The van der Waals surface area contributed by atoms with E-state index < -0.39 is 0 Å². The standard InChI is InChI=1S/C17H22FN3/c18-13-6-5-7-14-15(13)20-16(21(14)12-8-9-12)17(19)10-3-1-2-4-11-17/h5-7,12H,1-4,8-11,19H2. The van der Waals surface area contributed by atoms with Crippen LogP contribution in [0.5, 0.6) is 0 Å². The summed E-state index contributed by atoms with van der Waals surface area (Å²) < 4.78 is 16.4. The maximum absolute atomic E-state index is 14.1. The molecule has 0 spiro atoms. The lowest BCUT2D eigenvalue weighted by molar-refractivity contribution is 0.349. The van der Waals surface area contributed by atoms with Crippen molar-refractivity contribution in [3.63, 3.8) is 0 Å². The second-order valence-electron chi connectivity index (χ2n) is 6.71. The van der Waals surface area contributed by atoms with Crippen molar-refractivity contribution < 1.29 is 4.39 Å². The van der Waals surface area contributed by atoms with Crippen LogP contribution in [0, 0.1) is 5.82 Å². The van der Waals surface area contributed by atoms with Crippen LogP contribution in [0.1, 0.15) is 63.2 Å². The number of para-hydroxylation sites is 1. The van der Waals surface area contributed by atoms with Gasteiger partial charge in [-0.25, -0.2) is 9.37 Å². The number of aromatic nitrogens is 2. The summed E-state index contributed by atoms with van der Waals surface area (Å²) in [7, 11) is 0. The monoisotopic (exact) mass is 287 g/mol. The minimum absolute atomic E-state index is 0.231. The van der Waals surface area contributed by atoms with Crippen LogP contribution in [0.25, 0.3) is 11.0 Å². The summed E-state index contributed by atoms with van der Waals surface area (Å²) in [6.07, 6.45) is 9.03. The van der Waals surface area contributed by atoms with Gasteiger partial charge in [-0.1, -0.05) is 31.7 Å². The highest BCUT2D eigenvalue weighted by Crippen LogP contribution is 2.43.